The van der Waals surface area contributed by atoms with Gasteiger partial charge >= 0.3 is 5.97 Å². The maximum atomic E-state index is 12.4. The summed E-state index contributed by atoms with van der Waals surface area (Å²) in [5.74, 6) is -3.57. The fraction of sp³-hybridized carbons (Fsp3) is 0.979. The quantitative estimate of drug-likeness (QED) is 0.191. The van der Waals surface area contributed by atoms with Gasteiger partial charge in [0.15, 0.2) is 12.6 Å². The summed E-state index contributed by atoms with van der Waals surface area (Å²) < 4.78 is 17.5. The standard InChI is InChI=1S/C47H91NO17/c1-27-17-15-13-11-9-7-5-6-8-10-12-14-16-18-35(65-47-45(60)42(48)44(59)30(4)64-47)26-39(56)41(46(61)62)38(55)24-33(51)22-32(50)23-37(54)36(53)20-19-31(49)21-34(52)25-40(57)63-29(3)28(2)43(27)58/h27-45,47,49-60H,5-26,48H2,1-4H3,(H,61,62)/t27-,28-,29-,30-,31+,32+,33-,34+,35+,36-,37+,38-,39+,40-,41-,42+,43+,44+,45+,47+/m1/s1. The Morgan fingerprint density at radius 1 is 0.477 bits per heavy atom. The van der Waals surface area contributed by atoms with Gasteiger partial charge in [0.1, 0.15) is 12.0 Å². The van der Waals surface area contributed by atoms with Gasteiger partial charge in [-0.3, -0.25) is 4.79 Å². The summed E-state index contributed by atoms with van der Waals surface area (Å²) in [6.07, 6.45) is -8.09. The molecule has 0 saturated carbocycles. The first-order chi connectivity index (χ1) is 30.6. The zero-order valence-corrected chi connectivity index (χ0v) is 39.6. The van der Waals surface area contributed by atoms with Crippen molar-refractivity contribution in [3.05, 3.63) is 0 Å². The van der Waals surface area contributed by atoms with Gasteiger partial charge in [-0.05, 0) is 58.3 Å². The highest BCUT2D eigenvalue weighted by atomic mass is 16.7. The monoisotopic (exact) mass is 942 g/mol. The number of carboxylic acid groups (broad SMARTS) is 1. The summed E-state index contributed by atoms with van der Waals surface area (Å²) >= 11 is 0. The van der Waals surface area contributed by atoms with E-state index in [-0.39, 0.29) is 43.9 Å². The highest BCUT2D eigenvalue weighted by Crippen LogP contribution is 2.29. The molecule has 386 valence electrons. The lowest BCUT2D eigenvalue weighted by atomic mass is 9.86. The smallest absolute Gasteiger partial charge is 0.311 e. The molecule has 2 aliphatic heterocycles. The van der Waals surface area contributed by atoms with Crippen molar-refractivity contribution in [1.82, 2.24) is 0 Å². The molecule has 0 aromatic heterocycles. The van der Waals surface area contributed by atoms with Gasteiger partial charge < -0.3 is 86.3 Å². The van der Waals surface area contributed by atoms with Crippen LogP contribution in [-0.2, 0) is 19.0 Å². The van der Waals surface area contributed by atoms with Crippen LogP contribution >= 0.6 is 0 Å². The van der Waals surface area contributed by atoms with Gasteiger partial charge in [0, 0.05) is 31.6 Å². The molecule has 2 fully saturated rings. The molecule has 0 bridgehead atoms. The van der Waals surface area contributed by atoms with Crippen LogP contribution in [0.5, 0.6) is 0 Å². The third kappa shape index (κ3) is 22.9. The average Bonchev–Trinajstić information content (AvgIpc) is 3.22. The van der Waals surface area contributed by atoms with Crippen molar-refractivity contribution in [3.63, 3.8) is 0 Å². The first-order valence-corrected chi connectivity index (χ1v) is 24.7. The third-order valence-electron chi connectivity index (χ3n) is 13.8. The first-order valence-electron chi connectivity index (χ1n) is 24.7. The Bertz CT molecular complexity index is 1240. The highest BCUT2D eigenvalue weighted by Gasteiger charge is 2.43. The molecule has 2 heterocycles. The van der Waals surface area contributed by atoms with Gasteiger partial charge in [-0.2, -0.15) is 0 Å². The van der Waals surface area contributed by atoms with E-state index in [4.69, 9.17) is 19.9 Å². The fourth-order valence-electron chi connectivity index (χ4n) is 9.30. The maximum absolute atomic E-state index is 12.4. The Balaban J connectivity index is 2.11. The second-order valence-corrected chi connectivity index (χ2v) is 19.7. The summed E-state index contributed by atoms with van der Waals surface area (Å²) in [5.41, 5.74) is 6.02. The third-order valence-corrected chi connectivity index (χ3v) is 13.8. The summed E-state index contributed by atoms with van der Waals surface area (Å²) in [4.78, 5) is 12.4. The summed E-state index contributed by atoms with van der Waals surface area (Å²) in [5, 5.41) is 138. The fourth-order valence-corrected chi connectivity index (χ4v) is 9.30. The normalized spacial score (nSPS) is 43.4. The van der Waals surface area contributed by atoms with Gasteiger partial charge in [0.25, 0.3) is 0 Å². The minimum atomic E-state index is -1.78. The Kier molecular flexibility index (Phi) is 29.4. The lowest BCUT2D eigenvalue weighted by Crippen LogP contribution is -2.61. The molecule has 20 atom stereocenters. The van der Waals surface area contributed by atoms with E-state index in [1.165, 1.54) is 0 Å². The summed E-state index contributed by atoms with van der Waals surface area (Å²) in [6, 6.07) is -1.08. The maximum Gasteiger partial charge on any atom is 0.311 e. The van der Waals surface area contributed by atoms with Gasteiger partial charge in [0.2, 0.25) is 0 Å². The summed E-state index contributed by atoms with van der Waals surface area (Å²) in [6.45, 7) is 7.21. The van der Waals surface area contributed by atoms with Crippen molar-refractivity contribution in [2.75, 3.05) is 0 Å². The number of hydrogen-bond donors (Lipinski definition) is 14. The van der Waals surface area contributed by atoms with Gasteiger partial charge in [-0.25, -0.2) is 0 Å². The molecule has 2 aliphatic rings. The number of ether oxygens (including phenoxy) is 3. The van der Waals surface area contributed by atoms with E-state index < -0.39 is 135 Å². The molecular formula is C47H91NO17. The van der Waals surface area contributed by atoms with Crippen LogP contribution in [-0.4, -0.2) is 176 Å². The van der Waals surface area contributed by atoms with Crippen LogP contribution in [0.2, 0.25) is 0 Å². The van der Waals surface area contributed by atoms with Crippen molar-refractivity contribution >= 4 is 5.97 Å². The Hall–Kier alpha value is -1.17. The van der Waals surface area contributed by atoms with E-state index >= 15 is 0 Å². The topological polar surface area (TPSA) is 334 Å². The van der Waals surface area contributed by atoms with Crippen LogP contribution in [0.4, 0.5) is 0 Å². The van der Waals surface area contributed by atoms with E-state index in [0.717, 1.165) is 77.0 Å². The Morgan fingerprint density at radius 3 is 1.51 bits per heavy atom. The molecule has 0 unspecified atom stereocenters. The number of carbonyl (C=O) groups is 1. The Labute approximate surface area is 387 Å². The molecule has 0 spiro atoms. The molecule has 65 heavy (non-hydrogen) atoms. The van der Waals surface area contributed by atoms with Crippen molar-refractivity contribution in [1.29, 1.82) is 0 Å². The van der Waals surface area contributed by atoms with Crippen LogP contribution in [0.25, 0.3) is 0 Å². The first kappa shape index (κ1) is 60.0. The number of aliphatic hydroxyl groups is 12. The minimum Gasteiger partial charge on any atom is -0.481 e. The lowest BCUT2D eigenvalue weighted by molar-refractivity contribution is -0.283. The van der Waals surface area contributed by atoms with E-state index in [0.29, 0.717) is 12.8 Å². The number of rotatable bonds is 3. The van der Waals surface area contributed by atoms with Crippen molar-refractivity contribution < 1.29 is 85.4 Å². The van der Waals surface area contributed by atoms with Crippen molar-refractivity contribution in [2.45, 2.75) is 273 Å². The molecule has 0 aromatic carbocycles. The van der Waals surface area contributed by atoms with Crippen LogP contribution in [0.1, 0.15) is 169 Å². The minimum absolute atomic E-state index is 0.0309. The molecular weight excluding hydrogens is 851 g/mol. The Morgan fingerprint density at radius 2 is 0.954 bits per heavy atom. The van der Waals surface area contributed by atoms with E-state index in [1.807, 2.05) is 13.8 Å². The van der Waals surface area contributed by atoms with Gasteiger partial charge in [-0.1, -0.05) is 90.9 Å². The van der Waals surface area contributed by atoms with Gasteiger partial charge in [0.05, 0.1) is 85.4 Å². The largest absolute Gasteiger partial charge is 0.481 e. The zero-order valence-electron chi connectivity index (χ0n) is 39.6. The van der Waals surface area contributed by atoms with Crippen molar-refractivity contribution in [3.8, 4) is 0 Å². The molecule has 0 aliphatic carbocycles. The average molecular weight is 942 g/mol. The molecule has 2 rings (SSSR count). The second kappa shape index (κ2) is 31.9. The van der Waals surface area contributed by atoms with Crippen LogP contribution in [0, 0.1) is 17.8 Å². The lowest BCUT2D eigenvalue weighted by Gasteiger charge is -2.41. The number of carboxylic acids is 1. The highest BCUT2D eigenvalue weighted by molar-refractivity contribution is 5.71. The molecule has 2 saturated heterocycles. The molecule has 0 amide bonds. The van der Waals surface area contributed by atoms with E-state index in [1.54, 1.807) is 13.8 Å². The zero-order chi connectivity index (χ0) is 48.8. The predicted octanol–water partition coefficient (Wildman–Crippen LogP) is 1.71. The van der Waals surface area contributed by atoms with E-state index in [2.05, 4.69) is 0 Å². The number of hydrogen-bond acceptors (Lipinski definition) is 17. The summed E-state index contributed by atoms with van der Waals surface area (Å²) in [7, 11) is 0. The molecule has 0 aromatic rings. The number of aliphatic hydroxyl groups excluding tert-OH is 12. The number of nitrogens with two attached hydrogens (primary N) is 1. The molecule has 0 radical (unpaired) electrons. The SMILES string of the molecule is C[C@H]1[C@@H](O)[C@H](C)CCCCCCCCCCCCCC[C@H](O[C@@H]2O[C@H](C)[C@H](O)[C@H](N)[C@@H]2O)C[C@H](O)[C@H](C(=O)O)[C@H](O)C[C@H](O)C[C@H](O)C[C@H](O)[C@H](O)CC[C@H](O)C[C@H](O)C[C@H](O)O[C@@H]1C. The van der Waals surface area contributed by atoms with Crippen LogP contribution in [0.3, 0.4) is 0 Å². The molecule has 18 heteroatoms. The van der Waals surface area contributed by atoms with E-state index in [9.17, 15) is 71.2 Å². The van der Waals surface area contributed by atoms with Gasteiger partial charge in [-0.15, -0.1) is 0 Å². The van der Waals surface area contributed by atoms with Crippen LogP contribution < -0.4 is 5.73 Å². The molecule has 18 nitrogen and oxygen atoms in total. The van der Waals surface area contributed by atoms with Crippen molar-refractivity contribution in [2.24, 2.45) is 23.5 Å². The predicted molar refractivity (Wildman–Crippen MR) is 241 cm³/mol. The van der Waals surface area contributed by atoms with Crippen LogP contribution in [0.15, 0.2) is 0 Å². The molecule has 15 N–H and O–H groups in total. The number of aliphatic carboxylic acids is 1. The second-order valence-electron chi connectivity index (χ2n) is 19.7.